The Morgan fingerprint density at radius 3 is 2.35 bits per heavy atom. The van der Waals surface area contributed by atoms with Crippen LogP contribution in [0.1, 0.15) is 19.8 Å². The molecule has 0 aliphatic carbocycles. The van der Waals surface area contributed by atoms with Crippen molar-refractivity contribution in [1.29, 1.82) is 0 Å². The van der Waals surface area contributed by atoms with Gasteiger partial charge in [-0.15, -0.1) is 0 Å². The predicted molar refractivity (Wildman–Crippen MR) is 70.8 cm³/mol. The van der Waals surface area contributed by atoms with Gasteiger partial charge in [0.15, 0.2) is 0 Å². The zero-order chi connectivity index (χ0) is 15.4. The van der Waals surface area contributed by atoms with Crippen LogP contribution >= 0.6 is 15.6 Å². The van der Waals surface area contributed by atoms with E-state index in [1.54, 1.807) is 6.92 Å². The lowest BCUT2D eigenvalue weighted by molar-refractivity contribution is 0.0342. The molecule has 0 saturated carbocycles. The Bertz CT molecular complexity index is 399. The molecule has 20 heavy (non-hydrogen) atoms. The van der Waals surface area contributed by atoms with Gasteiger partial charge in [0.2, 0.25) is 0 Å². The molecule has 1 aliphatic heterocycles. The summed E-state index contributed by atoms with van der Waals surface area (Å²) in [4.78, 5) is 26.4. The summed E-state index contributed by atoms with van der Waals surface area (Å²) in [7, 11) is -6.90. The van der Waals surface area contributed by atoms with E-state index in [1.165, 1.54) is 0 Å². The SMILES string of the molecule is BC1CC(OP(=O)(O)OCCCOP(=O)(O)O)C(C)O1. The molecule has 0 amide bonds. The molecule has 9 nitrogen and oxygen atoms in total. The van der Waals surface area contributed by atoms with E-state index in [0.29, 0.717) is 6.42 Å². The van der Waals surface area contributed by atoms with Crippen LogP contribution in [0.25, 0.3) is 0 Å². The number of phosphoric acid groups is 2. The topological polar surface area (TPSA) is 132 Å². The first-order valence-electron chi connectivity index (χ1n) is 6.10. The smallest absolute Gasteiger partial charge is 0.381 e. The maximum Gasteiger partial charge on any atom is 0.472 e. The van der Waals surface area contributed by atoms with Gasteiger partial charge in [-0.2, -0.15) is 0 Å². The number of ether oxygens (including phenoxy) is 1. The Kier molecular flexibility index (Phi) is 6.85. The number of hydrogen-bond acceptors (Lipinski definition) is 6. The van der Waals surface area contributed by atoms with Crippen molar-refractivity contribution in [2.24, 2.45) is 0 Å². The fourth-order valence-electron chi connectivity index (χ4n) is 1.78. The van der Waals surface area contributed by atoms with Gasteiger partial charge in [0.25, 0.3) is 0 Å². The van der Waals surface area contributed by atoms with Gasteiger partial charge in [0.05, 0.1) is 25.4 Å². The van der Waals surface area contributed by atoms with Crippen LogP contribution in [0.15, 0.2) is 0 Å². The standard InChI is InChI=1S/C8H19BO9P2/c1-6-7(5-8(9)17-6)18-20(13,14)16-4-2-3-15-19(10,11)12/h6-8H,2-5,9H2,1H3,(H,13,14)(H2,10,11,12). The lowest BCUT2D eigenvalue weighted by Gasteiger charge is -2.18. The summed E-state index contributed by atoms with van der Waals surface area (Å²) < 4.78 is 41.3. The molecule has 0 radical (unpaired) electrons. The van der Waals surface area contributed by atoms with Crippen molar-refractivity contribution in [3.8, 4) is 0 Å². The molecule has 1 saturated heterocycles. The zero-order valence-electron chi connectivity index (χ0n) is 11.2. The van der Waals surface area contributed by atoms with Crippen LogP contribution in [0, 0.1) is 0 Å². The van der Waals surface area contributed by atoms with E-state index < -0.39 is 21.7 Å². The number of rotatable bonds is 8. The molecule has 0 aromatic heterocycles. The van der Waals surface area contributed by atoms with Crippen molar-refractivity contribution in [3.05, 3.63) is 0 Å². The monoisotopic (exact) mass is 332 g/mol. The molecule has 1 aliphatic rings. The first kappa shape index (κ1) is 18.3. The van der Waals surface area contributed by atoms with Crippen LogP contribution < -0.4 is 0 Å². The first-order valence-corrected chi connectivity index (χ1v) is 9.13. The average molecular weight is 332 g/mol. The van der Waals surface area contributed by atoms with Crippen LogP contribution in [0.5, 0.6) is 0 Å². The molecule has 1 rings (SSSR count). The highest BCUT2D eigenvalue weighted by Gasteiger charge is 2.36. The van der Waals surface area contributed by atoms with Gasteiger partial charge in [0.1, 0.15) is 7.85 Å². The summed E-state index contributed by atoms with van der Waals surface area (Å²) in [6, 6.07) is -0.0494. The van der Waals surface area contributed by atoms with Gasteiger partial charge >= 0.3 is 15.6 Å². The summed E-state index contributed by atoms with van der Waals surface area (Å²) in [5.41, 5.74) is 0. The molecule has 4 atom stereocenters. The molecule has 0 bridgehead atoms. The third kappa shape index (κ3) is 7.31. The molecule has 4 unspecified atom stereocenters. The quantitative estimate of drug-likeness (QED) is 0.313. The Morgan fingerprint density at radius 2 is 1.85 bits per heavy atom. The highest BCUT2D eigenvalue weighted by Crippen LogP contribution is 2.47. The lowest BCUT2D eigenvalue weighted by Crippen LogP contribution is -2.20. The van der Waals surface area contributed by atoms with E-state index in [9.17, 15) is 14.0 Å². The summed E-state index contributed by atoms with van der Waals surface area (Å²) in [5, 5.41) is 0. The molecule has 0 aromatic carbocycles. The molecule has 0 spiro atoms. The van der Waals surface area contributed by atoms with E-state index in [1.807, 2.05) is 7.85 Å². The summed E-state index contributed by atoms with van der Waals surface area (Å²) in [6.45, 7) is 1.23. The molecule has 0 aromatic rings. The summed E-state index contributed by atoms with van der Waals surface area (Å²) >= 11 is 0. The Morgan fingerprint density at radius 1 is 1.25 bits per heavy atom. The fourth-order valence-corrected chi connectivity index (χ4v) is 3.17. The minimum Gasteiger partial charge on any atom is -0.381 e. The highest BCUT2D eigenvalue weighted by atomic mass is 31.2. The van der Waals surface area contributed by atoms with Crippen LogP contribution in [-0.4, -0.2) is 54.0 Å². The largest absolute Gasteiger partial charge is 0.472 e. The van der Waals surface area contributed by atoms with Gasteiger partial charge in [-0.05, 0) is 19.8 Å². The fraction of sp³-hybridized carbons (Fsp3) is 1.00. The molecular formula is C8H19BO9P2. The predicted octanol–water partition coefficient (Wildman–Crippen LogP) is -0.244. The van der Waals surface area contributed by atoms with Crippen LogP contribution in [0.2, 0.25) is 0 Å². The third-order valence-corrected chi connectivity index (χ3v) is 4.17. The molecule has 118 valence electrons. The maximum absolute atomic E-state index is 11.6. The number of hydrogen-bond donors (Lipinski definition) is 3. The Balaban J connectivity index is 2.25. The van der Waals surface area contributed by atoms with E-state index in [-0.39, 0.29) is 31.7 Å². The van der Waals surface area contributed by atoms with Crippen LogP contribution in [-0.2, 0) is 27.4 Å². The van der Waals surface area contributed by atoms with Gasteiger partial charge in [-0.1, -0.05) is 0 Å². The van der Waals surface area contributed by atoms with Crippen molar-refractivity contribution >= 4 is 23.5 Å². The minimum atomic E-state index is -4.52. The van der Waals surface area contributed by atoms with Crippen molar-refractivity contribution < 1.29 is 42.1 Å². The van der Waals surface area contributed by atoms with Crippen molar-refractivity contribution in [2.75, 3.05) is 13.2 Å². The van der Waals surface area contributed by atoms with E-state index in [4.69, 9.17) is 23.6 Å². The van der Waals surface area contributed by atoms with Gasteiger partial charge < -0.3 is 19.4 Å². The summed E-state index contributed by atoms with van der Waals surface area (Å²) in [5.74, 6) is 0. The molecular weight excluding hydrogens is 313 g/mol. The first-order chi connectivity index (χ1) is 9.09. The van der Waals surface area contributed by atoms with E-state index in [0.717, 1.165) is 0 Å². The molecule has 3 N–H and O–H groups in total. The zero-order valence-corrected chi connectivity index (χ0v) is 13.0. The van der Waals surface area contributed by atoms with E-state index >= 15 is 0 Å². The second kappa shape index (κ2) is 7.49. The Labute approximate surface area is 117 Å². The third-order valence-electron chi connectivity index (χ3n) is 2.61. The van der Waals surface area contributed by atoms with Crippen molar-refractivity contribution in [1.82, 2.24) is 0 Å². The Hall–Kier alpha value is 0.245. The second-order valence-electron chi connectivity index (χ2n) is 4.51. The van der Waals surface area contributed by atoms with Gasteiger partial charge in [-0.3, -0.25) is 13.6 Å². The molecule has 12 heteroatoms. The second-order valence-corrected chi connectivity index (χ2v) is 7.16. The van der Waals surface area contributed by atoms with Crippen molar-refractivity contribution in [2.45, 2.75) is 38.0 Å². The molecule has 1 fully saturated rings. The number of phosphoric ester groups is 2. The normalized spacial score (nSPS) is 30.3. The van der Waals surface area contributed by atoms with Crippen LogP contribution in [0.3, 0.4) is 0 Å². The average Bonchev–Trinajstić information content (AvgIpc) is 2.54. The highest BCUT2D eigenvalue weighted by molar-refractivity contribution is 7.47. The molecule has 1 heterocycles. The van der Waals surface area contributed by atoms with Gasteiger partial charge in [-0.25, -0.2) is 9.13 Å². The lowest BCUT2D eigenvalue weighted by atomic mass is 9.96. The van der Waals surface area contributed by atoms with Gasteiger partial charge in [0, 0.05) is 6.00 Å². The summed E-state index contributed by atoms with van der Waals surface area (Å²) in [6.07, 6.45) is -0.276. The van der Waals surface area contributed by atoms with Crippen LogP contribution in [0.4, 0.5) is 0 Å². The van der Waals surface area contributed by atoms with E-state index in [2.05, 4.69) is 4.52 Å². The van der Waals surface area contributed by atoms with Crippen molar-refractivity contribution in [3.63, 3.8) is 0 Å². The maximum atomic E-state index is 11.6. The minimum absolute atomic E-state index is 0.0478.